The van der Waals surface area contributed by atoms with Crippen LogP contribution in [0.15, 0.2) is 18.5 Å². The Kier molecular flexibility index (Phi) is 8.70. The smallest absolute Gasteiger partial charge is 0.431 e. The number of amides is 1. The second kappa shape index (κ2) is 11.3. The number of rotatable bonds is 7. The first-order valence-corrected chi connectivity index (χ1v) is 12.3. The van der Waals surface area contributed by atoms with Crippen molar-refractivity contribution in [2.24, 2.45) is 16.6 Å². The molecule has 0 saturated carbocycles. The largest absolute Gasteiger partial charge is 0.511 e. The highest BCUT2D eigenvalue weighted by molar-refractivity contribution is 5.97. The Bertz CT molecular complexity index is 1310. The van der Waals surface area contributed by atoms with Gasteiger partial charge in [0.25, 0.3) is 0 Å². The quantitative estimate of drug-likeness (QED) is 0.268. The van der Waals surface area contributed by atoms with Crippen molar-refractivity contribution in [1.82, 2.24) is 14.6 Å². The first-order valence-electron chi connectivity index (χ1n) is 12.3. The number of aliphatic hydroxyl groups is 2. The van der Waals surface area contributed by atoms with Crippen molar-refractivity contribution in [1.29, 1.82) is 5.26 Å². The van der Waals surface area contributed by atoms with Crippen molar-refractivity contribution in [3.63, 3.8) is 0 Å². The predicted molar refractivity (Wildman–Crippen MR) is 136 cm³/mol. The Morgan fingerprint density at radius 1 is 1.20 bits per heavy atom. The van der Waals surface area contributed by atoms with Gasteiger partial charge in [-0.2, -0.15) is 10.4 Å². The number of nitrogens with zero attached hydrogens (tertiary/aromatic N) is 4. The Morgan fingerprint density at radius 2 is 1.88 bits per heavy atom. The summed E-state index contributed by atoms with van der Waals surface area (Å²) in [6.45, 7) is 9.01. The van der Waals surface area contributed by atoms with Gasteiger partial charge in [-0.15, -0.1) is 0 Å². The zero-order chi connectivity index (χ0) is 30.0. The van der Waals surface area contributed by atoms with Gasteiger partial charge in [0.1, 0.15) is 42.8 Å². The average Bonchev–Trinajstić information content (AvgIpc) is 3.41. The molecule has 2 aromatic heterocycles. The molecule has 1 fully saturated rings. The van der Waals surface area contributed by atoms with Gasteiger partial charge < -0.3 is 40.2 Å². The molecule has 0 aromatic carbocycles. The number of aromatic nitrogens is 3. The van der Waals surface area contributed by atoms with Gasteiger partial charge in [-0.25, -0.2) is 14.3 Å². The minimum Gasteiger partial charge on any atom is -0.431 e. The lowest BCUT2D eigenvalue weighted by molar-refractivity contribution is -0.163. The van der Waals surface area contributed by atoms with Crippen LogP contribution in [0.2, 0.25) is 0 Å². The van der Waals surface area contributed by atoms with Crippen LogP contribution < -0.4 is 11.1 Å². The van der Waals surface area contributed by atoms with Crippen LogP contribution in [0.5, 0.6) is 0 Å². The molecule has 15 heteroatoms. The zero-order valence-corrected chi connectivity index (χ0v) is 23.1. The third kappa shape index (κ3) is 6.15. The van der Waals surface area contributed by atoms with E-state index in [1.54, 1.807) is 20.8 Å². The first kappa shape index (κ1) is 30.7. The molecule has 15 nitrogen and oxygen atoms in total. The molecule has 3 rings (SSSR count). The highest BCUT2D eigenvalue weighted by Gasteiger charge is 2.58. The average molecular weight is 563 g/mol. The molecule has 1 aliphatic rings. The summed E-state index contributed by atoms with van der Waals surface area (Å²) in [5.41, 5.74) is 2.86. The summed E-state index contributed by atoms with van der Waals surface area (Å²) >= 11 is 0. The van der Waals surface area contributed by atoms with E-state index in [1.165, 1.54) is 16.6 Å². The van der Waals surface area contributed by atoms with Crippen LogP contribution in [0.3, 0.4) is 0 Å². The highest BCUT2D eigenvalue weighted by Crippen LogP contribution is 2.40. The summed E-state index contributed by atoms with van der Waals surface area (Å²) in [5.74, 6) is -0.989. The Balaban J connectivity index is 1.75. The molecule has 0 unspecified atom stereocenters. The molecule has 1 amide bonds. The number of ether oxygens (including phenoxy) is 4. The summed E-state index contributed by atoms with van der Waals surface area (Å²) in [6, 6.07) is 3.94. The van der Waals surface area contributed by atoms with Crippen LogP contribution in [-0.4, -0.2) is 80.6 Å². The van der Waals surface area contributed by atoms with Crippen LogP contribution in [0.25, 0.3) is 5.52 Å². The van der Waals surface area contributed by atoms with Crippen molar-refractivity contribution in [2.75, 3.05) is 18.7 Å². The van der Waals surface area contributed by atoms with Crippen molar-refractivity contribution in [3.05, 3.63) is 24.2 Å². The van der Waals surface area contributed by atoms with E-state index in [0.29, 0.717) is 0 Å². The number of carbonyl (C=O) groups excluding carboxylic acids is 3. The zero-order valence-electron chi connectivity index (χ0n) is 23.1. The monoisotopic (exact) mass is 562 g/mol. The summed E-state index contributed by atoms with van der Waals surface area (Å²) < 4.78 is 21.4. The molecule has 218 valence electrons. The number of hydrogen-bond donors (Lipinski definition) is 4. The molecule has 0 radical (unpaired) electrons. The van der Waals surface area contributed by atoms with Gasteiger partial charge in [0.15, 0.2) is 5.82 Å². The minimum absolute atomic E-state index is 0.0220. The summed E-state index contributed by atoms with van der Waals surface area (Å²) in [6.07, 6.45) is -4.87. The maximum absolute atomic E-state index is 12.7. The number of nitriles is 1. The lowest BCUT2D eigenvalue weighted by Gasteiger charge is -2.26. The number of nitrogens with one attached hydrogen (secondary N) is 1. The molecule has 0 bridgehead atoms. The molecular formula is C25H34N6O9. The number of anilines is 1. The van der Waals surface area contributed by atoms with Crippen LogP contribution in [-0.2, 0) is 34.1 Å². The molecule has 40 heavy (non-hydrogen) atoms. The molecule has 0 aliphatic carbocycles. The van der Waals surface area contributed by atoms with Gasteiger partial charge in [-0.05, 0) is 38.3 Å². The molecular weight excluding hydrogens is 528 g/mol. The van der Waals surface area contributed by atoms with E-state index in [0.717, 1.165) is 6.33 Å². The van der Waals surface area contributed by atoms with Crippen LogP contribution in [0.4, 0.5) is 10.6 Å². The minimum atomic E-state index is -2.14. The van der Waals surface area contributed by atoms with Gasteiger partial charge in [0, 0.05) is 0 Å². The van der Waals surface area contributed by atoms with Crippen molar-refractivity contribution >= 4 is 29.4 Å². The Labute approximate surface area is 230 Å². The van der Waals surface area contributed by atoms with E-state index in [4.69, 9.17) is 19.9 Å². The van der Waals surface area contributed by atoms with Crippen molar-refractivity contribution < 1.29 is 43.5 Å². The lowest BCUT2D eigenvalue weighted by atomic mass is 9.87. The van der Waals surface area contributed by atoms with E-state index in [-0.39, 0.29) is 17.0 Å². The standard InChI is InChI=1S/C25H34N6O9/c1-23(2,3)17(27)20(34)30-19-13-7-8-15(31(13)29-11-28-19)25(10-26)18(33)16(32)14(40-25)9-37-22(36)39-12-38-21(35)24(4,5)6/h7-8,11,14,16-18,32-33H,9,12,27H2,1-6H3,(H,28,29,30,34)/t14-,16-,17-,18-,25+/m1/s1. The Hall–Kier alpha value is -3.84. The molecule has 1 saturated heterocycles. The van der Waals surface area contributed by atoms with E-state index in [2.05, 4.69) is 20.1 Å². The lowest BCUT2D eigenvalue weighted by Crippen LogP contribution is -2.45. The molecule has 2 aromatic rings. The SMILES string of the molecule is CC(C)(C)C(=O)OCOC(=O)OC[C@H]1O[C@@](C#N)(c2ccc3c(NC(=O)[C@@H](N)C(C)(C)C)ncnn23)[C@H](O)[C@@H]1O. The fourth-order valence-electron chi connectivity index (χ4n) is 3.75. The van der Waals surface area contributed by atoms with E-state index in [1.807, 2.05) is 26.8 Å². The first-order chi connectivity index (χ1) is 18.5. The fraction of sp³-hybridized carbons (Fsp3) is 0.600. The maximum Gasteiger partial charge on any atom is 0.511 e. The van der Waals surface area contributed by atoms with Gasteiger partial charge in [0.2, 0.25) is 18.3 Å². The van der Waals surface area contributed by atoms with Gasteiger partial charge in [-0.1, -0.05) is 20.8 Å². The Morgan fingerprint density at radius 3 is 2.48 bits per heavy atom. The highest BCUT2D eigenvalue weighted by atomic mass is 16.8. The summed E-state index contributed by atoms with van der Waals surface area (Å²) in [4.78, 5) is 40.4. The third-order valence-corrected chi connectivity index (χ3v) is 6.26. The van der Waals surface area contributed by atoms with E-state index < -0.39 is 72.2 Å². The van der Waals surface area contributed by atoms with Crippen molar-refractivity contribution in [2.45, 2.75) is 71.5 Å². The van der Waals surface area contributed by atoms with Gasteiger partial charge in [-0.3, -0.25) is 9.59 Å². The number of nitrogens with two attached hydrogens (primary N) is 1. The van der Waals surface area contributed by atoms with Crippen LogP contribution in [0, 0.1) is 22.2 Å². The predicted octanol–water partition coefficient (Wildman–Crippen LogP) is 0.581. The number of carbonyl (C=O) groups is 3. The van der Waals surface area contributed by atoms with Crippen LogP contribution >= 0.6 is 0 Å². The number of aliphatic hydroxyl groups excluding tert-OH is 2. The molecule has 5 N–H and O–H groups in total. The van der Waals surface area contributed by atoms with E-state index >= 15 is 0 Å². The second-order valence-corrected chi connectivity index (χ2v) is 11.4. The summed E-state index contributed by atoms with van der Waals surface area (Å²) in [7, 11) is 0. The second-order valence-electron chi connectivity index (χ2n) is 11.4. The third-order valence-electron chi connectivity index (χ3n) is 6.26. The number of esters is 1. The van der Waals surface area contributed by atoms with Crippen LogP contribution in [0.1, 0.15) is 47.2 Å². The van der Waals surface area contributed by atoms with Gasteiger partial charge in [0.05, 0.1) is 17.2 Å². The summed E-state index contributed by atoms with van der Waals surface area (Å²) in [5, 5.41) is 38.3. The number of hydrogen-bond acceptors (Lipinski definition) is 13. The topological polar surface area (TPSA) is 221 Å². The van der Waals surface area contributed by atoms with Crippen molar-refractivity contribution in [3.8, 4) is 6.07 Å². The van der Waals surface area contributed by atoms with E-state index in [9.17, 15) is 29.9 Å². The molecule has 0 spiro atoms. The molecule has 3 heterocycles. The number of fused-ring (bicyclic) bond motifs is 1. The van der Waals surface area contributed by atoms with Gasteiger partial charge >= 0.3 is 12.1 Å². The molecule has 1 aliphatic heterocycles. The molecule has 5 atom stereocenters. The maximum atomic E-state index is 12.7. The normalized spacial score (nSPS) is 23.8. The fourth-order valence-corrected chi connectivity index (χ4v) is 3.75.